The molecule has 86 valence electrons. The highest BCUT2D eigenvalue weighted by molar-refractivity contribution is 4.58. The van der Waals surface area contributed by atoms with Crippen molar-refractivity contribution >= 4 is 0 Å². The van der Waals surface area contributed by atoms with Crippen LogP contribution in [0.5, 0.6) is 0 Å². The minimum Gasteiger partial charge on any atom is -0.395 e. The van der Waals surface area contributed by atoms with E-state index in [4.69, 9.17) is 14.6 Å². The molecule has 0 heterocycles. The first-order valence-electron chi connectivity index (χ1n) is 5.32. The maximum Gasteiger partial charge on any atom is 0.158 e. The zero-order valence-corrected chi connectivity index (χ0v) is 9.45. The van der Waals surface area contributed by atoms with E-state index in [0.717, 1.165) is 13.0 Å². The second-order valence-electron chi connectivity index (χ2n) is 3.17. The first kappa shape index (κ1) is 13.8. The molecule has 0 fully saturated rings. The van der Waals surface area contributed by atoms with E-state index >= 15 is 0 Å². The minimum absolute atomic E-state index is 0.122. The van der Waals surface area contributed by atoms with Crippen LogP contribution in [0, 0.1) is 0 Å². The molecule has 0 aliphatic carbocycles. The Morgan fingerprint density at radius 2 is 1.79 bits per heavy atom. The minimum atomic E-state index is -0.122. The van der Waals surface area contributed by atoms with E-state index in [1.807, 2.05) is 20.8 Å². The van der Waals surface area contributed by atoms with Crippen molar-refractivity contribution in [3.05, 3.63) is 0 Å². The lowest BCUT2D eigenvalue weighted by molar-refractivity contribution is -0.138. The lowest BCUT2D eigenvalue weighted by Crippen LogP contribution is -2.33. The summed E-state index contributed by atoms with van der Waals surface area (Å²) in [6.45, 7) is 8.14. The van der Waals surface area contributed by atoms with Gasteiger partial charge in [-0.2, -0.15) is 0 Å². The molecule has 0 aromatic carbocycles. The standard InChI is InChI=1S/C10H23NO3/c1-4-13-10(14-5-2)6-7-11-9(3)8-12/h9-12H,4-8H2,1-3H3. The van der Waals surface area contributed by atoms with Crippen molar-refractivity contribution < 1.29 is 14.6 Å². The third-order valence-corrected chi connectivity index (χ3v) is 1.85. The van der Waals surface area contributed by atoms with Crippen LogP contribution < -0.4 is 5.32 Å². The zero-order chi connectivity index (χ0) is 10.8. The Balaban J connectivity index is 3.49. The Bertz CT molecular complexity index is 116. The number of nitrogens with one attached hydrogen (secondary N) is 1. The van der Waals surface area contributed by atoms with Crippen molar-refractivity contribution in [2.75, 3.05) is 26.4 Å². The van der Waals surface area contributed by atoms with Gasteiger partial charge in [-0.1, -0.05) is 0 Å². The summed E-state index contributed by atoms with van der Waals surface area (Å²) < 4.78 is 10.7. The maximum absolute atomic E-state index is 8.78. The van der Waals surface area contributed by atoms with Crippen LogP contribution in [0.3, 0.4) is 0 Å². The van der Waals surface area contributed by atoms with Gasteiger partial charge in [-0.25, -0.2) is 0 Å². The van der Waals surface area contributed by atoms with Crippen LogP contribution in [0.25, 0.3) is 0 Å². The molecule has 0 aliphatic rings. The fourth-order valence-electron chi connectivity index (χ4n) is 1.10. The van der Waals surface area contributed by atoms with E-state index < -0.39 is 0 Å². The number of hydrogen-bond acceptors (Lipinski definition) is 4. The fraction of sp³-hybridized carbons (Fsp3) is 1.00. The molecule has 0 bridgehead atoms. The third kappa shape index (κ3) is 7.26. The predicted molar refractivity (Wildman–Crippen MR) is 56.2 cm³/mol. The van der Waals surface area contributed by atoms with Gasteiger partial charge in [0.25, 0.3) is 0 Å². The summed E-state index contributed by atoms with van der Waals surface area (Å²) in [5.74, 6) is 0. The molecule has 0 spiro atoms. The Labute approximate surface area is 86.6 Å². The van der Waals surface area contributed by atoms with Gasteiger partial charge in [0, 0.05) is 32.2 Å². The van der Waals surface area contributed by atoms with Gasteiger partial charge in [0.2, 0.25) is 0 Å². The average Bonchev–Trinajstić information content (AvgIpc) is 2.18. The van der Waals surface area contributed by atoms with Crippen LogP contribution >= 0.6 is 0 Å². The highest BCUT2D eigenvalue weighted by Crippen LogP contribution is 1.99. The second kappa shape index (κ2) is 9.40. The monoisotopic (exact) mass is 205 g/mol. The molecule has 1 unspecified atom stereocenters. The van der Waals surface area contributed by atoms with Crippen LogP contribution in [-0.4, -0.2) is 43.8 Å². The van der Waals surface area contributed by atoms with Gasteiger partial charge in [-0.3, -0.25) is 0 Å². The van der Waals surface area contributed by atoms with Gasteiger partial charge in [-0.05, 0) is 20.8 Å². The van der Waals surface area contributed by atoms with Crippen LogP contribution in [0.4, 0.5) is 0 Å². The van der Waals surface area contributed by atoms with Crippen LogP contribution in [0.15, 0.2) is 0 Å². The van der Waals surface area contributed by atoms with Crippen molar-refractivity contribution in [3.8, 4) is 0 Å². The van der Waals surface area contributed by atoms with E-state index in [0.29, 0.717) is 13.2 Å². The largest absolute Gasteiger partial charge is 0.395 e. The molecule has 0 saturated carbocycles. The fourth-order valence-corrected chi connectivity index (χ4v) is 1.10. The normalized spacial score (nSPS) is 13.5. The summed E-state index contributed by atoms with van der Waals surface area (Å²) >= 11 is 0. The molecule has 0 saturated heterocycles. The van der Waals surface area contributed by atoms with Crippen molar-refractivity contribution in [1.29, 1.82) is 0 Å². The second-order valence-corrected chi connectivity index (χ2v) is 3.17. The molecule has 4 heteroatoms. The van der Waals surface area contributed by atoms with Gasteiger partial charge in [0.1, 0.15) is 0 Å². The highest BCUT2D eigenvalue weighted by Gasteiger charge is 2.07. The Morgan fingerprint density at radius 3 is 2.21 bits per heavy atom. The van der Waals surface area contributed by atoms with Gasteiger partial charge >= 0.3 is 0 Å². The number of aliphatic hydroxyl groups is 1. The van der Waals surface area contributed by atoms with Crippen molar-refractivity contribution in [2.24, 2.45) is 0 Å². The summed E-state index contributed by atoms with van der Waals surface area (Å²) in [7, 11) is 0. The Hall–Kier alpha value is -0.160. The van der Waals surface area contributed by atoms with E-state index in [1.165, 1.54) is 0 Å². The lowest BCUT2D eigenvalue weighted by Gasteiger charge is -2.18. The molecular formula is C10H23NO3. The summed E-state index contributed by atoms with van der Waals surface area (Å²) in [5.41, 5.74) is 0. The summed E-state index contributed by atoms with van der Waals surface area (Å²) in [6, 6.07) is 0.138. The van der Waals surface area contributed by atoms with Crippen molar-refractivity contribution in [1.82, 2.24) is 5.32 Å². The summed E-state index contributed by atoms with van der Waals surface area (Å²) in [5, 5.41) is 12.0. The number of rotatable bonds is 9. The average molecular weight is 205 g/mol. The molecule has 0 aromatic heterocycles. The molecule has 1 atom stereocenters. The van der Waals surface area contributed by atoms with E-state index in [1.54, 1.807) is 0 Å². The highest BCUT2D eigenvalue weighted by atomic mass is 16.7. The van der Waals surface area contributed by atoms with Gasteiger partial charge in [0.05, 0.1) is 6.61 Å². The van der Waals surface area contributed by atoms with Gasteiger partial charge in [0.15, 0.2) is 6.29 Å². The maximum atomic E-state index is 8.78. The molecule has 0 aromatic rings. The number of hydrogen-bond donors (Lipinski definition) is 2. The molecule has 0 aliphatic heterocycles. The van der Waals surface area contributed by atoms with Crippen LogP contribution in [-0.2, 0) is 9.47 Å². The smallest absolute Gasteiger partial charge is 0.158 e. The Kier molecular flexibility index (Phi) is 9.29. The summed E-state index contributed by atoms with van der Waals surface area (Å²) in [6.07, 6.45) is 0.690. The molecule has 0 amide bonds. The van der Waals surface area contributed by atoms with E-state index in [9.17, 15) is 0 Å². The first-order valence-corrected chi connectivity index (χ1v) is 5.32. The first-order chi connectivity index (χ1) is 6.74. The third-order valence-electron chi connectivity index (χ3n) is 1.85. The van der Waals surface area contributed by atoms with E-state index in [2.05, 4.69) is 5.32 Å². The topological polar surface area (TPSA) is 50.7 Å². The molecule has 2 N–H and O–H groups in total. The molecule has 0 rings (SSSR count). The predicted octanol–water partition coefficient (Wildman–Crippen LogP) is 0.746. The molecule has 14 heavy (non-hydrogen) atoms. The van der Waals surface area contributed by atoms with Crippen molar-refractivity contribution in [2.45, 2.75) is 39.5 Å². The SMILES string of the molecule is CCOC(CCNC(C)CO)OCC. The Morgan fingerprint density at radius 1 is 1.21 bits per heavy atom. The van der Waals surface area contributed by atoms with E-state index in [-0.39, 0.29) is 18.9 Å². The number of ether oxygens (including phenoxy) is 2. The molecule has 0 radical (unpaired) electrons. The zero-order valence-electron chi connectivity index (χ0n) is 9.45. The summed E-state index contributed by atoms with van der Waals surface area (Å²) in [4.78, 5) is 0. The van der Waals surface area contributed by atoms with Crippen LogP contribution in [0.2, 0.25) is 0 Å². The molecular weight excluding hydrogens is 182 g/mol. The van der Waals surface area contributed by atoms with Gasteiger partial charge in [-0.15, -0.1) is 0 Å². The van der Waals surface area contributed by atoms with Gasteiger partial charge < -0.3 is 19.9 Å². The quantitative estimate of drug-likeness (QED) is 0.545. The van der Waals surface area contributed by atoms with Crippen molar-refractivity contribution in [3.63, 3.8) is 0 Å². The van der Waals surface area contributed by atoms with Crippen LogP contribution in [0.1, 0.15) is 27.2 Å². The molecule has 4 nitrogen and oxygen atoms in total. The lowest BCUT2D eigenvalue weighted by atomic mass is 10.3. The number of aliphatic hydroxyl groups excluding tert-OH is 1.